The van der Waals surface area contributed by atoms with Crippen LogP contribution in [-0.2, 0) is 12.1 Å². The van der Waals surface area contributed by atoms with Gasteiger partial charge >= 0.3 is 0 Å². The Kier molecular flexibility index (Phi) is 4.15. The number of carbonyl (C=O) groups is 1. The van der Waals surface area contributed by atoms with Gasteiger partial charge in [0.1, 0.15) is 0 Å². The van der Waals surface area contributed by atoms with Gasteiger partial charge < -0.3 is 11.1 Å². The third kappa shape index (κ3) is 3.22. The highest BCUT2D eigenvalue weighted by molar-refractivity contribution is 5.94. The molecule has 3 N–H and O–H groups in total. The predicted molar refractivity (Wildman–Crippen MR) is 79.1 cm³/mol. The summed E-state index contributed by atoms with van der Waals surface area (Å²) in [5, 5.41) is 3.03. The second kappa shape index (κ2) is 5.84. The molecule has 0 atom stereocenters. The van der Waals surface area contributed by atoms with E-state index in [1.54, 1.807) is 18.3 Å². The Labute approximate surface area is 119 Å². The van der Waals surface area contributed by atoms with Crippen molar-refractivity contribution >= 4 is 5.91 Å². The summed E-state index contributed by atoms with van der Waals surface area (Å²) < 4.78 is 0. The van der Waals surface area contributed by atoms with Gasteiger partial charge in [-0.25, -0.2) is 0 Å². The standard InChI is InChI=1S/C16H19N3O/c1-16(2,13-6-4-3-5-7-13)19-15(20)12-8-9-18-14(10-12)11-17/h3-10H,11,17H2,1-2H3,(H,19,20). The summed E-state index contributed by atoms with van der Waals surface area (Å²) in [6.07, 6.45) is 1.60. The van der Waals surface area contributed by atoms with Crippen LogP contribution < -0.4 is 11.1 Å². The second-order valence-electron chi connectivity index (χ2n) is 5.19. The molecule has 0 aliphatic heterocycles. The van der Waals surface area contributed by atoms with E-state index in [1.807, 2.05) is 44.2 Å². The van der Waals surface area contributed by atoms with Gasteiger partial charge in [0.15, 0.2) is 0 Å². The zero-order chi connectivity index (χ0) is 14.6. The lowest BCUT2D eigenvalue weighted by atomic mass is 9.94. The molecule has 0 fully saturated rings. The number of hydrogen-bond donors (Lipinski definition) is 2. The fourth-order valence-electron chi connectivity index (χ4n) is 2.01. The highest BCUT2D eigenvalue weighted by Gasteiger charge is 2.23. The maximum atomic E-state index is 12.3. The number of amides is 1. The van der Waals surface area contributed by atoms with Crippen LogP contribution >= 0.6 is 0 Å². The lowest BCUT2D eigenvalue weighted by Gasteiger charge is -2.27. The minimum atomic E-state index is -0.440. The lowest BCUT2D eigenvalue weighted by Crippen LogP contribution is -2.41. The Morgan fingerprint density at radius 1 is 1.25 bits per heavy atom. The third-order valence-corrected chi connectivity index (χ3v) is 3.21. The molecule has 104 valence electrons. The summed E-state index contributed by atoms with van der Waals surface area (Å²) in [5.74, 6) is -0.129. The third-order valence-electron chi connectivity index (χ3n) is 3.21. The van der Waals surface area contributed by atoms with Crippen molar-refractivity contribution in [1.82, 2.24) is 10.3 Å². The molecule has 1 heterocycles. The lowest BCUT2D eigenvalue weighted by molar-refractivity contribution is 0.0912. The summed E-state index contributed by atoms with van der Waals surface area (Å²) in [7, 11) is 0. The van der Waals surface area contributed by atoms with E-state index < -0.39 is 5.54 Å². The molecule has 0 spiro atoms. The van der Waals surface area contributed by atoms with E-state index in [9.17, 15) is 4.79 Å². The zero-order valence-corrected chi connectivity index (χ0v) is 11.8. The van der Waals surface area contributed by atoms with Crippen LogP contribution in [0.15, 0.2) is 48.7 Å². The Hall–Kier alpha value is -2.20. The van der Waals surface area contributed by atoms with Gasteiger partial charge in [-0.15, -0.1) is 0 Å². The van der Waals surface area contributed by atoms with Crippen LogP contribution in [0.3, 0.4) is 0 Å². The Bertz CT molecular complexity index is 594. The number of nitrogens with zero attached hydrogens (tertiary/aromatic N) is 1. The smallest absolute Gasteiger partial charge is 0.252 e. The van der Waals surface area contributed by atoms with Gasteiger partial charge in [-0.2, -0.15) is 0 Å². The minimum Gasteiger partial charge on any atom is -0.343 e. The van der Waals surface area contributed by atoms with Gasteiger partial charge in [0.25, 0.3) is 5.91 Å². The van der Waals surface area contributed by atoms with Gasteiger partial charge in [-0.1, -0.05) is 30.3 Å². The van der Waals surface area contributed by atoms with Crippen molar-refractivity contribution in [2.24, 2.45) is 5.73 Å². The van der Waals surface area contributed by atoms with Crippen molar-refractivity contribution in [3.63, 3.8) is 0 Å². The number of benzene rings is 1. The van der Waals surface area contributed by atoms with E-state index in [2.05, 4.69) is 10.3 Å². The van der Waals surface area contributed by atoms with Gasteiger partial charge in [0.2, 0.25) is 0 Å². The van der Waals surface area contributed by atoms with E-state index in [1.165, 1.54) is 0 Å². The van der Waals surface area contributed by atoms with Crippen molar-refractivity contribution in [3.05, 3.63) is 65.5 Å². The van der Waals surface area contributed by atoms with Crippen molar-refractivity contribution in [3.8, 4) is 0 Å². The number of nitrogens with one attached hydrogen (secondary N) is 1. The molecule has 4 nitrogen and oxygen atoms in total. The summed E-state index contributed by atoms with van der Waals surface area (Å²) in [5.41, 5.74) is 7.44. The van der Waals surface area contributed by atoms with Crippen molar-refractivity contribution < 1.29 is 4.79 Å². The molecule has 2 aromatic rings. The summed E-state index contributed by atoms with van der Waals surface area (Å²) in [6.45, 7) is 4.28. The maximum Gasteiger partial charge on any atom is 0.252 e. The van der Waals surface area contributed by atoms with Crippen molar-refractivity contribution in [2.45, 2.75) is 25.9 Å². The average molecular weight is 269 g/mol. The molecule has 0 radical (unpaired) electrons. The van der Waals surface area contributed by atoms with Crippen LogP contribution in [0, 0.1) is 0 Å². The monoisotopic (exact) mass is 269 g/mol. The fraction of sp³-hybridized carbons (Fsp3) is 0.250. The summed E-state index contributed by atoms with van der Waals surface area (Å²) in [4.78, 5) is 16.4. The first kappa shape index (κ1) is 14.2. The maximum absolute atomic E-state index is 12.3. The fourth-order valence-corrected chi connectivity index (χ4v) is 2.01. The van der Waals surface area contributed by atoms with Crippen LogP contribution in [-0.4, -0.2) is 10.9 Å². The first-order valence-corrected chi connectivity index (χ1v) is 6.56. The molecule has 1 aromatic carbocycles. The van der Waals surface area contributed by atoms with E-state index in [0.29, 0.717) is 17.8 Å². The number of hydrogen-bond acceptors (Lipinski definition) is 3. The van der Waals surface area contributed by atoms with E-state index in [4.69, 9.17) is 5.73 Å². The Balaban J connectivity index is 2.18. The van der Waals surface area contributed by atoms with Gasteiger partial charge in [-0.05, 0) is 31.5 Å². The number of pyridine rings is 1. The number of aromatic nitrogens is 1. The van der Waals surface area contributed by atoms with E-state index >= 15 is 0 Å². The molecule has 0 bridgehead atoms. The number of nitrogens with two attached hydrogens (primary N) is 1. The van der Waals surface area contributed by atoms with Crippen LogP contribution in [0.1, 0.15) is 35.5 Å². The topological polar surface area (TPSA) is 68.0 Å². The molecule has 0 saturated carbocycles. The number of rotatable bonds is 4. The average Bonchev–Trinajstić information content (AvgIpc) is 2.48. The molecule has 1 amide bonds. The van der Waals surface area contributed by atoms with Crippen molar-refractivity contribution in [2.75, 3.05) is 0 Å². The minimum absolute atomic E-state index is 0.129. The van der Waals surface area contributed by atoms with Gasteiger partial charge in [0.05, 0.1) is 11.2 Å². The molecule has 0 unspecified atom stereocenters. The van der Waals surface area contributed by atoms with Crippen LogP contribution in [0.4, 0.5) is 0 Å². The normalized spacial score (nSPS) is 11.2. The van der Waals surface area contributed by atoms with Crippen LogP contribution in [0.2, 0.25) is 0 Å². The molecule has 0 saturated heterocycles. The van der Waals surface area contributed by atoms with Gasteiger partial charge in [-0.3, -0.25) is 9.78 Å². The highest BCUT2D eigenvalue weighted by Crippen LogP contribution is 2.20. The predicted octanol–water partition coefficient (Wildman–Crippen LogP) is 2.21. The largest absolute Gasteiger partial charge is 0.343 e. The molecular formula is C16H19N3O. The van der Waals surface area contributed by atoms with Crippen molar-refractivity contribution in [1.29, 1.82) is 0 Å². The van der Waals surface area contributed by atoms with E-state index in [-0.39, 0.29) is 5.91 Å². The summed E-state index contributed by atoms with van der Waals surface area (Å²) >= 11 is 0. The SMILES string of the molecule is CC(C)(NC(=O)c1ccnc(CN)c1)c1ccccc1. The van der Waals surface area contributed by atoms with Gasteiger partial charge in [0, 0.05) is 18.3 Å². The highest BCUT2D eigenvalue weighted by atomic mass is 16.1. The molecule has 1 aromatic heterocycles. The first-order chi connectivity index (χ1) is 9.53. The molecule has 0 aliphatic carbocycles. The molecule has 20 heavy (non-hydrogen) atoms. The molecular weight excluding hydrogens is 250 g/mol. The molecule has 0 aliphatic rings. The molecule has 2 rings (SSSR count). The van der Waals surface area contributed by atoms with E-state index in [0.717, 1.165) is 5.56 Å². The Morgan fingerprint density at radius 3 is 2.60 bits per heavy atom. The quantitative estimate of drug-likeness (QED) is 0.894. The van der Waals surface area contributed by atoms with Crippen LogP contribution in [0.25, 0.3) is 0 Å². The first-order valence-electron chi connectivity index (χ1n) is 6.56. The zero-order valence-electron chi connectivity index (χ0n) is 11.8. The Morgan fingerprint density at radius 2 is 1.95 bits per heavy atom. The second-order valence-corrected chi connectivity index (χ2v) is 5.19. The van der Waals surface area contributed by atoms with Crippen LogP contribution in [0.5, 0.6) is 0 Å². The summed E-state index contributed by atoms with van der Waals surface area (Å²) in [6, 6.07) is 13.3. The number of carbonyl (C=O) groups excluding carboxylic acids is 1. The molecule has 4 heteroatoms.